The number of thioether (sulfide) groups is 1. The lowest BCUT2D eigenvalue weighted by Gasteiger charge is -2.22. The SMILES string of the molecule is CCC(N)(CCCSc1ccccc1C)C(=O)O. The molecular formula is C14H21NO2S. The van der Waals surface area contributed by atoms with Gasteiger partial charge in [-0.2, -0.15) is 0 Å². The van der Waals surface area contributed by atoms with Crippen LogP contribution in [-0.2, 0) is 4.79 Å². The second-order valence-electron chi connectivity index (χ2n) is 4.53. The summed E-state index contributed by atoms with van der Waals surface area (Å²) in [5.41, 5.74) is 6.04. The fraction of sp³-hybridized carbons (Fsp3) is 0.500. The highest BCUT2D eigenvalue weighted by Gasteiger charge is 2.30. The fourth-order valence-electron chi connectivity index (χ4n) is 1.72. The van der Waals surface area contributed by atoms with E-state index in [2.05, 4.69) is 19.1 Å². The standard InChI is InChI=1S/C14H21NO2S/c1-3-14(15,13(16)17)9-6-10-18-12-8-5-4-7-11(12)2/h4-5,7-8H,3,6,9-10,15H2,1-2H3,(H,16,17). The van der Waals surface area contributed by atoms with E-state index in [9.17, 15) is 4.79 Å². The van der Waals surface area contributed by atoms with Crippen molar-refractivity contribution >= 4 is 17.7 Å². The van der Waals surface area contributed by atoms with E-state index in [4.69, 9.17) is 10.8 Å². The number of carboxylic acid groups (broad SMARTS) is 1. The third-order valence-corrected chi connectivity index (χ3v) is 4.44. The van der Waals surface area contributed by atoms with Crippen molar-refractivity contribution in [2.45, 2.75) is 43.5 Å². The van der Waals surface area contributed by atoms with Gasteiger partial charge in [0.1, 0.15) is 5.54 Å². The summed E-state index contributed by atoms with van der Waals surface area (Å²) >= 11 is 1.76. The van der Waals surface area contributed by atoms with Gasteiger partial charge in [0.2, 0.25) is 0 Å². The Kier molecular flexibility index (Phi) is 5.69. The van der Waals surface area contributed by atoms with Crippen molar-refractivity contribution in [3.05, 3.63) is 29.8 Å². The molecule has 0 heterocycles. The summed E-state index contributed by atoms with van der Waals surface area (Å²) in [5.74, 6) is 0.00256. The monoisotopic (exact) mass is 267 g/mol. The third kappa shape index (κ3) is 4.03. The van der Waals surface area contributed by atoms with Gasteiger partial charge in [0.05, 0.1) is 0 Å². The molecule has 0 aliphatic heterocycles. The highest BCUT2D eigenvalue weighted by molar-refractivity contribution is 7.99. The summed E-state index contributed by atoms with van der Waals surface area (Å²) < 4.78 is 0. The van der Waals surface area contributed by atoms with Crippen LogP contribution in [0.1, 0.15) is 31.7 Å². The highest BCUT2D eigenvalue weighted by atomic mass is 32.2. The second kappa shape index (κ2) is 6.81. The first-order valence-corrected chi connectivity index (χ1v) is 7.19. The lowest BCUT2D eigenvalue weighted by molar-refractivity contribution is -0.143. The number of hydrogen-bond donors (Lipinski definition) is 2. The van der Waals surface area contributed by atoms with Crippen LogP contribution in [0.5, 0.6) is 0 Å². The molecule has 0 aliphatic carbocycles. The van der Waals surface area contributed by atoms with Crippen molar-refractivity contribution in [3.8, 4) is 0 Å². The lowest BCUT2D eigenvalue weighted by Crippen LogP contribution is -2.47. The molecule has 0 fully saturated rings. The Morgan fingerprint density at radius 1 is 1.44 bits per heavy atom. The zero-order valence-corrected chi connectivity index (χ0v) is 11.8. The molecule has 3 N–H and O–H groups in total. The van der Waals surface area contributed by atoms with Gasteiger partial charge in [0, 0.05) is 4.90 Å². The molecule has 0 spiro atoms. The first kappa shape index (κ1) is 15.1. The molecule has 1 atom stereocenters. The van der Waals surface area contributed by atoms with Crippen molar-refractivity contribution in [1.82, 2.24) is 0 Å². The number of hydrogen-bond acceptors (Lipinski definition) is 3. The molecule has 100 valence electrons. The van der Waals surface area contributed by atoms with Crippen LogP contribution in [0.2, 0.25) is 0 Å². The van der Waals surface area contributed by atoms with Crippen LogP contribution in [0, 0.1) is 6.92 Å². The minimum absolute atomic E-state index is 0.470. The summed E-state index contributed by atoms with van der Waals surface area (Å²) in [4.78, 5) is 12.3. The van der Waals surface area contributed by atoms with Crippen molar-refractivity contribution in [3.63, 3.8) is 0 Å². The van der Waals surface area contributed by atoms with E-state index in [0.717, 1.165) is 12.2 Å². The molecule has 4 heteroatoms. The van der Waals surface area contributed by atoms with Crippen LogP contribution in [-0.4, -0.2) is 22.4 Å². The average Bonchev–Trinajstić information content (AvgIpc) is 2.36. The molecule has 1 aromatic carbocycles. The molecule has 0 saturated heterocycles. The van der Waals surface area contributed by atoms with E-state index < -0.39 is 11.5 Å². The van der Waals surface area contributed by atoms with Crippen LogP contribution in [0.25, 0.3) is 0 Å². The molecule has 0 aromatic heterocycles. The Labute approximate surface area is 113 Å². The topological polar surface area (TPSA) is 63.3 Å². The molecule has 0 bridgehead atoms. The quantitative estimate of drug-likeness (QED) is 0.588. The molecule has 1 aromatic rings. The number of benzene rings is 1. The van der Waals surface area contributed by atoms with Crippen LogP contribution in [0.4, 0.5) is 0 Å². The summed E-state index contributed by atoms with van der Waals surface area (Å²) in [5, 5.41) is 9.06. The van der Waals surface area contributed by atoms with Crippen molar-refractivity contribution in [2.24, 2.45) is 5.73 Å². The second-order valence-corrected chi connectivity index (χ2v) is 5.67. The maximum Gasteiger partial charge on any atom is 0.323 e. The van der Waals surface area contributed by atoms with Crippen molar-refractivity contribution < 1.29 is 9.90 Å². The molecule has 1 unspecified atom stereocenters. The Bertz CT molecular complexity index is 409. The van der Waals surface area contributed by atoms with Crippen LogP contribution < -0.4 is 5.73 Å². The van der Waals surface area contributed by atoms with Gasteiger partial charge in [-0.15, -0.1) is 11.8 Å². The lowest BCUT2D eigenvalue weighted by atomic mass is 9.92. The van der Waals surface area contributed by atoms with Gasteiger partial charge in [0.25, 0.3) is 0 Å². The van der Waals surface area contributed by atoms with Gasteiger partial charge >= 0.3 is 5.97 Å². The number of carbonyl (C=O) groups is 1. The first-order chi connectivity index (χ1) is 8.49. The zero-order chi connectivity index (χ0) is 13.6. The van der Waals surface area contributed by atoms with E-state index in [-0.39, 0.29) is 0 Å². The molecule has 0 saturated carbocycles. The van der Waals surface area contributed by atoms with Crippen LogP contribution in [0.15, 0.2) is 29.2 Å². The minimum Gasteiger partial charge on any atom is -0.480 e. The Balaban J connectivity index is 2.39. The molecule has 0 aliphatic rings. The van der Waals surface area contributed by atoms with Gasteiger partial charge < -0.3 is 10.8 Å². The van der Waals surface area contributed by atoms with E-state index in [0.29, 0.717) is 12.8 Å². The Hall–Kier alpha value is -1.00. The van der Waals surface area contributed by atoms with Crippen molar-refractivity contribution in [2.75, 3.05) is 5.75 Å². The number of nitrogens with two attached hydrogens (primary N) is 1. The van der Waals surface area contributed by atoms with Crippen LogP contribution in [0.3, 0.4) is 0 Å². The van der Waals surface area contributed by atoms with E-state index in [1.807, 2.05) is 19.1 Å². The molecule has 0 amide bonds. The Morgan fingerprint density at radius 2 is 2.11 bits per heavy atom. The maximum atomic E-state index is 11.0. The number of aryl methyl sites for hydroxylation is 1. The number of aliphatic carboxylic acids is 1. The van der Waals surface area contributed by atoms with E-state index in [1.165, 1.54) is 10.5 Å². The van der Waals surface area contributed by atoms with Gasteiger partial charge in [-0.1, -0.05) is 25.1 Å². The zero-order valence-electron chi connectivity index (χ0n) is 11.0. The predicted molar refractivity (Wildman–Crippen MR) is 76.0 cm³/mol. The maximum absolute atomic E-state index is 11.0. The summed E-state index contributed by atoms with van der Waals surface area (Å²) in [6.45, 7) is 3.90. The normalized spacial score (nSPS) is 14.2. The fourth-order valence-corrected chi connectivity index (χ4v) is 2.70. The largest absolute Gasteiger partial charge is 0.480 e. The minimum atomic E-state index is -1.06. The summed E-state index contributed by atoms with van der Waals surface area (Å²) in [7, 11) is 0. The molecule has 0 radical (unpaired) electrons. The molecule has 3 nitrogen and oxygen atoms in total. The third-order valence-electron chi connectivity index (χ3n) is 3.18. The van der Waals surface area contributed by atoms with Gasteiger partial charge in [-0.3, -0.25) is 4.79 Å². The molecule has 1 rings (SSSR count). The first-order valence-electron chi connectivity index (χ1n) is 6.20. The Morgan fingerprint density at radius 3 is 2.67 bits per heavy atom. The van der Waals surface area contributed by atoms with Crippen LogP contribution >= 0.6 is 11.8 Å². The summed E-state index contributed by atoms with van der Waals surface area (Å²) in [6, 6.07) is 8.21. The van der Waals surface area contributed by atoms with E-state index >= 15 is 0 Å². The smallest absolute Gasteiger partial charge is 0.323 e. The van der Waals surface area contributed by atoms with Crippen molar-refractivity contribution in [1.29, 1.82) is 0 Å². The molecular weight excluding hydrogens is 246 g/mol. The predicted octanol–water partition coefficient (Wildman–Crippen LogP) is 3.06. The van der Waals surface area contributed by atoms with Gasteiger partial charge in [-0.25, -0.2) is 0 Å². The number of rotatable bonds is 7. The highest BCUT2D eigenvalue weighted by Crippen LogP contribution is 2.24. The van der Waals surface area contributed by atoms with Gasteiger partial charge in [0.15, 0.2) is 0 Å². The number of carboxylic acids is 1. The van der Waals surface area contributed by atoms with E-state index in [1.54, 1.807) is 11.8 Å². The molecule has 18 heavy (non-hydrogen) atoms. The van der Waals surface area contributed by atoms with Gasteiger partial charge in [-0.05, 0) is 43.6 Å². The summed E-state index contributed by atoms with van der Waals surface area (Å²) in [6.07, 6.45) is 1.81. The average molecular weight is 267 g/mol.